The van der Waals surface area contributed by atoms with Gasteiger partial charge >= 0.3 is 0 Å². The third kappa shape index (κ3) is 6.37. The Hall–Kier alpha value is -3.74. The third-order valence-electron chi connectivity index (χ3n) is 11.7. The highest BCUT2D eigenvalue weighted by Gasteiger charge is 2.46. The molecule has 2 amide bonds. The van der Waals surface area contributed by atoms with Gasteiger partial charge in [0.15, 0.2) is 11.6 Å². The highest BCUT2D eigenvalue weighted by Crippen LogP contribution is 2.54. The summed E-state index contributed by atoms with van der Waals surface area (Å²) in [5.74, 6) is 0.880. The molecule has 2 saturated carbocycles. The van der Waals surface area contributed by atoms with Gasteiger partial charge in [0.05, 0.1) is 39.4 Å². The number of imidazole rings is 2. The average molecular weight is 732 g/mol. The van der Waals surface area contributed by atoms with E-state index in [9.17, 15) is 14.7 Å². The van der Waals surface area contributed by atoms with E-state index in [1.165, 1.54) is 32.1 Å². The molecule has 0 saturated heterocycles. The highest BCUT2D eigenvalue weighted by atomic mass is 35.5. The highest BCUT2D eigenvalue weighted by molar-refractivity contribution is 6.40. The van der Waals surface area contributed by atoms with Gasteiger partial charge in [0.25, 0.3) is 11.8 Å². The van der Waals surface area contributed by atoms with Crippen LogP contribution in [0.3, 0.4) is 0 Å². The predicted octanol–water partition coefficient (Wildman–Crippen LogP) is 5.92. The van der Waals surface area contributed by atoms with Crippen LogP contribution in [0.5, 0.6) is 0 Å². The second-order valence-electron chi connectivity index (χ2n) is 14.9. The van der Waals surface area contributed by atoms with Crippen LogP contribution in [-0.2, 0) is 40.0 Å². The zero-order chi connectivity index (χ0) is 35.4. The number of aromatic nitrogens is 4. The molecule has 2 aromatic carbocycles. The summed E-state index contributed by atoms with van der Waals surface area (Å²) in [5, 5.41) is 15.9. The number of fused-ring (bicyclic) bond motifs is 4. The van der Waals surface area contributed by atoms with E-state index in [1.54, 1.807) is 18.2 Å². The Morgan fingerprint density at radius 2 is 1.33 bits per heavy atom. The van der Waals surface area contributed by atoms with E-state index in [1.807, 2.05) is 41.4 Å². The molecule has 2 fully saturated rings. The number of β-amino-alcohol motifs (C(OH)–C–C–N with tert-alkyl or cyclic N) is 1. The number of nitrogens with one attached hydrogen (secondary N) is 2. The lowest BCUT2D eigenvalue weighted by Gasteiger charge is -2.35. The molecule has 4 heterocycles. The van der Waals surface area contributed by atoms with Crippen molar-refractivity contribution >= 4 is 46.4 Å². The van der Waals surface area contributed by atoms with Crippen LogP contribution in [0.4, 0.5) is 11.4 Å². The van der Waals surface area contributed by atoms with E-state index in [2.05, 4.69) is 25.4 Å². The Bertz CT molecular complexity index is 2010. The van der Waals surface area contributed by atoms with E-state index in [4.69, 9.17) is 28.2 Å². The molecule has 268 valence electrons. The number of hydrogen-bond donors (Lipinski definition) is 3. The molecule has 4 aliphatic rings. The van der Waals surface area contributed by atoms with Crippen molar-refractivity contribution in [2.75, 3.05) is 43.4 Å². The van der Waals surface area contributed by atoms with Gasteiger partial charge in [0, 0.05) is 88.7 Å². The van der Waals surface area contributed by atoms with Crippen molar-refractivity contribution in [3.8, 4) is 11.1 Å². The van der Waals surface area contributed by atoms with E-state index in [0.717, 1.165) is 67.7 Å². The summed E-state index contributed by atoms with van der Waals surface area (Å²) < 4.78 is 3.75. The summed E-state index contributed by atoms with van der Waals surface area (Å²) in [6, 6.07) is 10.8. The summed E-state index contributed by atoms with van der Waals surface area (Å²) in [4.78, 5) is 41.3. The van der Waals surface area contributed by atoms with Crippen LogP contribution < -0.4 is 10.6 Å². The largest absolute Gasteiger partial charge is 0.395 e. The van der Waals surface area contributed by atoms with Gasteiger partial charge in [-0.3, -0.25) is 19.4 Å². The molecule has 2 aliphatic heterocycles. The van der Waals surface area contributed by atoms with Gasteiger partial charge < -0.3 is 24.9 Å². The van der Waals surface area contributed by atoms with Gasteiger partial charge in [-0.25, -0.2) is 9.97 Å². The SMILES string of the molecule is Cn1c(C(=O)Nc2cccc(-c3cccc(NC(=O)c4nc5c(n4C)CCN(CC46CCC(CC4)C6)C5)c3Cl)c2Cl)nc2c1CCN(CCO)C2. The molecule has 2 aliphatic carbocycles. The lowest BCUT2D eigenvalue weighted by atomic mass is 9.83. The van der Waals surface area contributed by atoms with Crippen molar-refractivity contribution in [1.29, 1.82) is 0 Å². The Labute approximate surface area is 307 Å². The molecule has 2 aromatic heterocycles. The van der Waals surface area contributed by atoms with Crippen LogP contribution in [0.25, 0.3) is 11.1 Å². The normalized spacial score (nSPS) is 21.5. The van der Waals surface area contributed by atoms with Crippen molar-refractivity contribution in [3.05, 3.63) is 80.9 Å². The molecular formula is C38H44Cl2N8O3. The number of rotatable bonds is 9. The molecule has 0 radical (unpaired) electrons. The number of hydrogen-bond acceptors (Lipinski definition) is 7. The molecule has 0 unspecified atom stereocenters. The van der Waals surface area contributed by atoms with Gasteiger partial charge in [-0.1, -0.05) is 47.5 Å². The van der Waals surface area contributed by atoms with Gasteiger partial charge in [-0.05, 0) is 55.6 Å². The van der Waals surface area contributed by atoms with E-state index >= 15 is 0 Å². The minimum absolute atomic E-state index is 0.0785. The molecule has 13 heteroatoms. The van der Waals surface area contributed by atoms with Crippen molar-refractivity contribution in [3.63, 3.8) is 0 Å². The molecular weight excluding hydrogens is 687 g/mol. The van der Waals surface area contributed by atoms with Crippen molar-refractivity contribution in [2.24, 2.45) is 25.4 Å². The van der Waals surface area contributed by atoms with Gasteiger partial charge in [-0.2, -0.15) is 0 Å². The van der Waals surface area contributed by atoms with Crippen LogP contribution in [0.2, 0.25) is 10.0 Å². The number of carbonyl (C=O) groups excluding carboxylic acids is 2. The first-order valence-electron chi connectivity index (χ1n) is 18.0. The molecule has 3 N–H and O–H groups in total. The number of anilines is 2. The van der Waals surface area contributed by atoms with E-state index < -0.39 is 0 Å². The van der Waals surface area contributed by atoms with Crippen LogP contribution in [0, 0.1) is 11.3 Å². The number of nitrogens with zero attached hydrogens (tertiary/aromatic N) is 6. The maximum atomic E-state index is 13.7. The maximum absolute atomic E-state index is 13.7. The van der Waals surface area contributed by atoms with Crippen molar-refractivity contribution in [1.82, 2.24) is 28.9 Å². The fourth-order valence-electron chi connectivity index (χ4n) is 9.08. The molecule has 0 atom stereocenters. The average Bonchev–Trinajstić information content (AvgIpc) is 3.88. The predicted molar refractivity (Wildman–Crippen MR) is 198 cm³/mol. The van der Waals surface area contributed by atoms with Crippen molar-refractivity contribution < 1.29 is 14.7 Å². The monoisotopic (exact) mass is 730 g/mol. The quantitative estimate of drug-likeness (QED) is 0.196. The minimum Gasteiger partial charge on any atom is -0.395 e. The number of aliphatic hydroxyl groups is 1. The maximum Gasteiger partial charge on any atom is 0.291 e. The van der Waals surface area contributed by atoms with E-state index in [-0.39, 0.29) is 18.4 Å². The first-order chi connectivity index (χ1) is 24.6. The Morgan fingerprint density at radius 3 is 1.82 bits per heavy atom. The first-order valence-corrected chi connectivity index (χ1v) is 18.7. The van der Waals surface area contributed by atoms with Crippen LogP contribution >= 0.6 is 23.2 Å². The summed E-state index contributed by atoms with van der Waals surface area (Å²) >= 11 is 13.9. The Kier molecular flexibility index (Phi) is 9.21. The minimum atomic E-state index is -0.377. The smallest absolute Gasteiger partial charge is 0.291 e. The van der Waals surface area contributed by atoms with Gasteiger partial charge in [0.1, 0.15) is 0 Å². The number of aliphatic hydroxyl groups excluding tert-OH is 1. The first kappa shape index (κ1) is 34.4. The molecule has 11 nitrogen and oxygen atoms in total. The zero-order valence-corrected chi connectivity index (χ0v) is 30.7. The molecule has 51 heavy (non-hydrogen) atoms. The Balaban J connectivity index is 0.976. The lowest BCUT2D eigenvalue weighted by molar-refractivity contribution is 0.100. The fraction of sp³-hybridized carbons (Fsp3) is 0.474. The number of amides is 2. The van der Waals surface area contributed by atoms with Crippen molar-refractivity contribution in [2.45, 2.75) is 58.0 Å². The van der Waals surface area contributed by atoms with Gasteiger partial charge in [-0.15, -0.1) is 0 Å². The van der Waals surface area contributed by atoms with Gasteiger partial charge in [0.2, 0.25) is 0 Å². The van der Waals surface area contributed by atoms with Crippen LogP contribution in [0.1, 0.15) is 76.1 Å². The van der Waals surface area contributed by atoms with Crippen LogP contribution in [-0.4, -0.2) is 78.6 Å². The summed E-state index contributed by atoms with van der Waals surface area (Å²) in [6.45, 7) is 4.92. The lowest BCUT2D eigenvalue weighted by Crippen LogP contribution is -2.39. The number of benzene rings is 2. The zero-order valence-electron chi connectivity index (χ0n) is 29.1. The molecule has 2 bridgehead atoms. The molecule has 4 aromatic rings. The second kappa shape index (κ2) is 13.7. The van der Waals surface area contributed by atoms with Crippen LogP contribution in [0.15, 0.2) is 36.4 Å². The second-order valence-corrected chi connectivity index (χ2v) is 15.6. The summed E-state index contributed by atoms with van der Waals surface area (Å²) in [6.07, 6.45) is 8.44. The Morgan fingerprint density at radius 1 is 0.824 bits per heavy atom. The summed E-state index contributed by atoms with van der Waals surface area (Å²) in [7, 11) is 3.76. The number of carbonyl (C=O) groups is 2. The standard InChI is InChI=1S/C38H44Cl2N8O3/c1-45-30-11-15-47(17-18-49)20-28(30)41-34(45)36(50)43-26-7-3-5-24(32(26)39)25-6-4-8-27(33(25)40)44-37(51)35-42-29-21-48(16-12-31(29)46(35)2)22-38-13-9-23(19-38)10-14-38/h3-8,23,49H,9-22H2,1-2H3,(H,43,50)(H,44,51). The fourth-order valence-corrected chi connectivity index (χ4v) is 9.63. The summed E-state index contributed by atoms with van der Waals surface area (Å²) in [5.41, 5.74) is 6.51. The van der Waals surface area contributed by atoms with E-state index in [0.29, 0.717) is 62.7 Å². The number of halogens is 2. The third-order valence-corrected chi connectivity index (χ3v) is 12.5. The topological polar surface area (TPSA) is 121 Å². The molecule has 8 rings (SSSR count). The molecule has 0 spiro atoms.